The highest BCUT2D eigenvalue weighted by atomic mass is 16.5. The molecule has 0 saturated carbocycles. The van der Waals surface area contributed by atoms with Gasteiger partial charge >= 0.3 is 0 Å². The minimum absolute atomic E-state index is 0.447. The normalized spacial score (nSPS) is 11.2. The van der Waals surface area contributed by atoms with E-state index in [1.807, 2.05) is 6.07 Å². The van der Waals surface area contributed by atoms with Gasteiger partial charge in [-0.2, -0.15) is 0 Å². The molecular weight excluding hydrogens is 190 g/mol. The quantitative estimate of drug-likeness (QED) is 0.698. The highest BCUT2D eigenvalue weighted by Crippen LogP contribution is 2.06. The highest BCUT2D eigenvalue weighted by molar-refractivity contribution is 5.04. The Labute approximate surface area is 91.4 Å². The van der Waals surface area contributed by atoms with Gasteiger partial charge < -0.3 is 10.3 Å². The molecule has 0 fully saturated rings. The molecule has 0 aliphatic heterocycles. The summed E-state index contributed by atoms with van der Waals surface area (Å²) in [7, 11) is 2.10. The SMILES string of the molecule is CCCCCN(C)Cc1cc(CN)no1. The Bertz CT molecular complexity index is 273. The molecule has 2 N–H and O–H groups in total. The predicted molar refractivity (Wildman–Crippen MR) is 60.3 cm³/mol. The Hall–Kier alpha value is -0.870. The molecule has 0 amide bonds. The maximum absolute atomic E-state index is 5.46. The number of nitrogens with two attached hydrogens (primary N) is 1. The van der Waals surface area contributed by atoms with E-state index in [1.54, 1.807) is 0 Å². The van der Waals surface area contributed by atoms with Gasteiger partial charge in [0.2, 0.25) is 0 Å². The molecule has 0 spiro atoms. The van der Waals surface area contributed by atoms with Gasteiger partial charge in [-0.05, 0) is 20.0 Å². The van der Waals surface area contributed by atoms with E-state index in [0.717, 1.165) is 24.5 Å². The molecule has 0 aromatic carbocycles. The third-order valence-corrected chi connectivity index (χ3v) is 2.39. The molecule has 0 unspecified atom stereocenters. The summed E-state index contributed by atoms with van der Waals surface area (Å²) in [6, 6.07) is 1.93. The van der Waals surface area contributed by atoms with E-state index < -0.39 is 0 Å². The van der Waals surface area contributed by atoms with Crippen molar-refractivity contribution in [3.8, 4) is 0 Å². The standard InChI is InChI=1S/C11H21N3O/c1-3-4-5-6-14(2)9-11-7-10(8-12)13-15-11/h7H,3-6,8-9,12H2,1-2H3. The van der Waals surface area contributed by atoms with Crippen LogP contribution in [0.15, 0.2) is 10.6 Å². The first-order valence-corrected chi connectivity index (χ1v) is 5.59. The molecule has 86 valence electrons. The molecule has 0 aliphatic rings. The van der Waals surface area contributed by atoms with E-state index in [4.69, 9.17) is 10.3 Å². The minimum Gasteiger partial charge on any atom is -0.360 e. The fourth-order valence-electron chi connectivity index (χ4n) is 1.50. The fourth-order valence-corrected chi connectivity index (χ4v) is 1.50. The third-order valence-electron chi connectivity index (χ3n) is 2.39. The molecule has 0 aliphatic carbocycles. The summed E-state index contributed by atoms with van der Waals surface area (Å²) in [5.41, 5.74) is 6.28. The van der Waals surface area contributed by atoms with Crippen LogP contribution < -0.4 is 5.73 Å². The Kier molecular flexibility index (Phi) is 5.36. The molecule has 0 radical (unpaired) electrons. The topological polar surface area (TPSA) is 55.3 Å². The average Bonchev–Trinajstić information content (AvgIpc) is 2.66. The zero-order valence-corrected chi connectivity index (χ0v) is 9.70. The van der Waals surface area contributed by atoms with Gasteiger partial charge in [0.15, 0.2) is 5.76 Å². The van der Waals surface area contributed by atoms with E-state index in [2.05, 4.69) is 24.0 Å². The van der Waals surface area contributed by atoms with Crippen molar-refractivity contribution >= 4 is 0 Å². The van der Waals surface area contributed by atoms with Gasteiger partial charge in [-0.3, -0.25) is 4.90 Å². The summed E-state index contributed by atoms with van der Waals surface area (Å²) in [4.78, 5) is 2.25. The van der Waals surface area contributed by atoms with Crippen molar-refractivity contribution in [1.29, 1.82) is 0 Å². The molecule has 1 aromatic heterocycles. The largest absolute Gasteiger partial charge is 0.360 e. The van der Waals surface area contributed by atoms with Crippen molar-refractivity contribution in [2.75, 3.05) is 13.6 Å². The minimum atomic E-state index is 0.447. The van der Waals surface area contributed by atoms with Crippen molar-refractivity contribution < 1.29 is 4.52 Å². The van der Waals surface area contributed by atoms with Crippen LogP contribution in [0.25, 0.3) is 0 Å². The molecule has 0 bridgehead atoms. The third kappa shape index (κ3) is 4.44. The monoisotopic (exact) mass is 211 g/mol. The first-order chi connectivity index (χ1) is 7.26. The Morgan fingerprint density at radius 3 is 2.87 bits per heavy atom. The van der Waals surface area contributed by atoms with Crippen molar-refractivity contribution in [3.05, 3.63) is 17.5 Å². The number of hydrogen-bond donors (Lipinski definition) is 1. The van der Waals surface area contributed by atoms with Crippen LogP contribution in [0.3, 0.4) is 0 Å². The van der Waals surface area contributed by atoms with Crippen LogP contribution in [0.2, 0.25) is 0 Å². The van der Waals surface area contributed by atoms with Crippen molar-refractivity contribution in [1.82, 2.24) is 10.1 Å². The van der Waals surface area contributed by atoms with E-state index in [-0.39, 0.29) is 0 Å². The average molecular weight is 211 g/mol. The second kappa shape index (κ2) is 6.58. The van der Waals surface area contributed by atoms with Crippen molar-refractivity contribution in [2.24, 2.45) is 5.73 Å². The zero-order valence-electron chi connectivity index (χ0n) is 9.70. The van der Waals surface area contributed by atoms with Gasteiger partial charge in [-0.1, -0.05) is 24.9 Å². The fraction of sp³-hybridized carbons (Fsp3) is 0.727. The second-order valence-corrected chi connectivity index (χ2v) is 3.93. The number of unbranched alkanes of at least 4 members (excludes halogenated alkanes) is 2. The van der Waals surface area contributed by atoms with Crippen LogP contribution in [0, 0.1) is 0 Å². The highest BCUT2D eigenvalue weighted by Gasteiger charge is 2.05. The van der Waals surface area contributed by atoms with Gasteiger partial charge in [-0.15, -0.1) is 0 Å². The Morgan fingerprint density at radius 1 is 1.47 bits per heavy atom. The number of nitrogens with zero attached hydrogens (tertiary/aromatic N) is 2. The van der Waals surface area contributed by atoms with Gasteiger partial charge in [0.1, 0.15) is 0 Å². The van der Waals surface area contributed by atoms with Crippen LogP contribution in [0.5, 0.6) is 0 Å². The lowest BCUT2D eigenvalue weighted by Gasteiger charge is -2.13. The van der Waals surface area contributed by atoms with Crippen LogP contribution in [0.4, 0.5) is 0 Å². The van der Waals surface area contributed by atoms with E-state index >= 15 is 0 Å². The summed E-state index contributed by atoms with van der Waals surface area (Å²) < 4.78 is 5.16. The Morgan fingerprint density at radius 2 is 2.27 bits per heavy atom. The summed E-state index contributed by atoms with van der Waals surface area (Å²) >= 11 is 0. The summed E-state index contributed by atoms with van der Waals surface area (Å²) in [5, 5.41) is 3.86. The smallest absolute Gasteiger partial charge is 0.151 e. The van der Waals surface area contributed by atoms with Crippen molar-refractivity contribution in [3.63, 3.8) is 0 Å². The summed E-state index contributed by atoms with van der Waals surface area (Å²) in [6.45, 7) is 4.58. The number of aromatic nitrogens is 1. The lowest BCUT2D eigenvalue weighted by molar-refractivity contribution is 0.267. The van der Waals surface area contributed by atoms with Crippen molar-refractivity contribution in [2.45, 2.75) is 39.3 Å². The summed E-state index contributed by atoms with van der Waals surface area (Å²) in [5.74, 6) is 0.898. The van der Waals surface area contributed by atoms with Gasteiger partial charge in [0.05, 0.1) is 12.2 Å². The molecule has 0 saturated heterocycles. The maximum atomic E-state index is 5.46. The van der Waals surface area contributed by atoms with Crippen LogP contribution >= 0.6 is 0 Å². The molecule has 1 rings (SSSR count). The second-order valence-electron chi connectivity index (χ2n) is 3.93. The van der Waals surface area contributed by atoms with E-state index in [1.165, 1.54) is 19.3 Å². The van der Waals surface area contributed by atoms with E-state index in [0.29, 0.717) is 6.54 Å². The molecule has 1 aromatic rings. The van der Waals surface area contributed by atoms with Gasteiger partial charge in [0.25, 0.3) is 0 Å². The molecular formula is C11H21N3O. The lowest BCUT2D eigenvalue weighted by atomic mass is 10.2. The summed E-state index contributed by atoms with van der Waals surface area (Å²) in [6.07, 6.45) is 3.78. The molecule has 0 atom stereocenters. The molecule has 15 heavy (non-hydrogen) atoms. The maximum Gasteiger partial charge on any atom is 0.151 e. The van der Waals surface area contributed by atoms with E-state index in [9.17, 15) is 0 Å². The predicted octanol–water partition coefficient (Wildman–Crippen LogP) is 1.76. The molecule has 1 heterocycles. The molecule has 4 heteroatoms. The Balaban J connectivity index is 2.27. The van der Waals surface area contributed by atoms with Gasteiger partial charge in [-0.25, -0.2) is 0 Å². The number of rotatable bonds is 7. The van der Waals surface area contributed by atoms with Crippen LogP contribution in [0.1, 0.15) is 37.6 Å². The lowest BCUT2D eigenvalue weighted by Crippen LogP contribution is -2.18. The number of hydrogen-bond acceptors (Lipinski definition) is 4. The first-order valence-electron chi connectivity index (χ1n) is 5.59. The molecule has 4 nitrogen and oxygen atoms in total. The van der Waals surface area contributed by atoms with Gasteiger partial charge in [0, 0.05) is 12.6 Å². The van der Waals surface area contributed by atoms with Crippen LogP contribution in [-0.2, 0) is 13.1 Å². The first kappa shape index (κ1) is 12.2. The zero-order chi connectivity index (χ0) is 11.1. The van der Waals surface area contributed by atoms with Crippen LogP contribution in [-0.4, -0.2) is 23.6 Å².